The maximum atomic E-state index is 14.3. The molecule has 1 fully saturated rings. The third-order valence-corrected chi connectivity index (χ3v) is 7.67. The molecule has 0 bridgehead atoms. The number of nitrogens with one attached hydrogen (secondary N) is 3. The lowest BCUT2D eigenvalue weighted by molar-refractivity contribution is -0.0329. The van der Waals surface area contributed by atoms with E-state index in [1.165, 1.54) is 35.9 Å². The first kappa shape index (κ1) is 27.9. The highest BCUT2D eigenvalue weighted by molar-refractivity contribution is 8.00. The summed E-state index contributed by atoms with van der Waals surface area (Å²) in [5, 5.41) is 8.81. The van der Waals surface area contributed by atoms with Gasteiger partial charge in [0.05, 0.1) is 36.0 Å². The molecule has 1 aromatic carbocycles. The second-order valence-corrected chi connectivity index (χ2v) is 11.5. The van der Waals surface area contributed by atoms with Crippen molar-refractivity contribution in [3.05, 3.63) is 42.2 Å². The zero-order valence-electron chi connectivity index (χ0n) is 20.4. The van der Waals surface area contributed by atoms with Crippen LogP contribution >= 0.6 is 11.8 Å². The predicted molar refractivity (Wildman–Crippen MR) is 138 cm³/mol. The molecule has 1 saturated heterocycles. The predicted octanol–water partition coefficient (Wildman–Crippen LogP) is 3.93. The van der Waals surface area contributed by atoms with E-state index < -0.39 is 27.6 Å². The molecular weight excluding hydrogens is 546 g/mol. The molecule has 0 spiro atoms. The maximum absolute atomic E-state index is 14.3. The number of rotatable bonds is 7. The summed E-state index contributed by atoms with van der Waals surface area (Å²) in [6, 6.07) is 7.00. The number of piperidine rings is 1. The number of alkyl halides is 4. The van der Waals surface area contributed by atoms with Crippen LogP contribution in [0.4, 0.5) is 28.9 Å². The molecule has 8 nitrogen and oxygen atoms in total. The Labute approximate surface area is 221 Å². The lowest BCUT2D eigenvalue weighted by Gasteiger charge is -2.28. The molecule has 4 rings (SSSR count). The Kier molecular flexibility index (Phi) is 8.29. The SMILES string of the molecule is COc1cc(S(C)(=O)=O)ccc1NCC#Cc1nc2c(N[C@@H]3CCNC[C@@H]3F)cccn2c1SC(F)(F)F. The third-order valence-electron chi connectivity index (χ3n) is 5.74. The highest BCUT2D eigenvalue weighted by atomic mass is 32.2. The van der Waals surface area contributed by atoms with Crippen molar-refractivity contribution in [2.75, 3.05) is 43.6 Å². The van der Waals surface area contributed by atoms with Crippen molar-refractivity contribution in [1.29, 1.82) is 0 Å². The van der Waals surface area contributed by atoms with Gasteiger partial charge in [-0.3, -0.25) is 4.40 Å². The second kappa shape index (κ2) is 11.3. The average molecular weight is 572 g/mol. The average Bonchev–Trinajstić information content (AvgIpc) is 3.19. The number of hydrogen-bond acceptors (Lipinski definition) is 8. The van der Waals surface area contributed by atoms with Crippen molar-refractivity contribution < 1.29 is 30.7 Å². The number of sulfone groups is 1. The Hall–Kier alpha value is -3.15. The number of benzene rings is 1. The van der Waals surface area contributed by atoms with E-state index in [2.05, 4.69) is 32.8 Å². The van der Waals surface area contributed by atoms with E-state index in [1.807, 2.05) is 0 Å². The number of halogens is 4. The van der Waals surface area contributed by atoms with Crippen LogP contribution in [-0.2, 0) is 9.84 Å². The number of imidazole rings is 1. The van der Waals surface area contributed by atoms with E-state index in [9.17, 15) is 26.0 Å². The third kappa shape index (κ3) is 6.64. The van der Waals surface area contributed by atoms with Gasteiger partial charge in [0.25, 0.3) is 0 Å². The van der Waals surface area contributed by atoms with Gasteiger partial charge in [-0.05, 0) is 43.2 Å². The smallest absolute Gasteiger partial charge is 0.447 e. The Morgan fingerprint density at radius 3 is 2.76 bits per heavy atom. The first-order valence-corrected chi connectivity index (χ1v) is 14.2. The van der Waals surface area contributed by atoms with Crippen molar-refractivity contribution in [2.24, 2.45) is 0 Å². The van der Waals surface area contributed by atoms with Crippen LogP contribution in [0.1, 0.15) is 12.1 Å². The highest BCUT2D eigenvalue weighted by Crippen LogP contribution is 2.39. The molecule has 3 heterocycles. The van der Waals surface area contributed by atoms with E-state index in [-0.39, 0.29) is 51.9 Å². The Morgan fingerprint density at radius 2 is 2.08 bits per heavy atom. The highest BCUT2D eigenvalue weighted by Gasteiger charge is 2.33. The zero-order valence-corrected chi connectivity index (χ0v) is 22.0. The van der Waals surface area contributed by atoms with Crippen LogP contribution in [0.2, 0.25) is 0 Å². The Bertz CT molecular complexity index is 1480. The van der Waals surface area contributed by atoms with E-state index in [1.54, 1.807) is 12.1 Å². The molecule has 38 heavy (non-hydrogen) atoms. The van der Waals surface area contributed by atoms with Gasteiger partial charge in [-0.25, -0.2) is 17.8 Å². The topological polar surface area (TPSA) is 96.8 Å². The minimum Gasteiger partial charge on any atom is -0.495 e. The molecule has 3 N–H and O–H groups in total. The van der Waals surface area contributed by atoms with Crippen LogP contribution in [0.3, 0.4) is 0 Å². The van der Waals surface area contributed by atoms with E-state index in [0.29, 0.717) is 24.3 Å². The Balaban J connectivity index is 1.61. The molecule has 0 aliphatic carbocycles. The van der Waals surface area contributed by atoms with Crippen molar-refractivity contribution in [1.82, 2.24) is 14.7 Å². The standard InChI is InChI=1S/C24H25F4N5O3S2/c1-36-21-13-15(38(2,34)35)7-8-18(21)30-10-3-5-20-23(37-24(26,27)28)33-12-4-6-19(22(33)32-20)31-17-9-11-29-14-16(17)25/h4,6-8,12-13,16-17,29-31H,9-11,14H2,1-2H3/t16-,17+/m0/s1. The number of methoxy groups -OCH3 is 1. The van der Waals surface area contributed by atoms with Gasteiger partial charge >= 0.3 is 5.51 Å². The largest absolute Gasteiger partial charge is 0.495 e. The van der Waals surface area contributed by atoms with E-state index in [0.717, 1.165) is 6.26 Å². The van der Waals surface area contributed by atoms with Crippen molar-refractivity contribution in [3.63, 3.8) is 0 Å². The fraction of sp³-hybridized carbons (Fsp3) is 0.375. The lowest BCUT2D eigenvalue weighted by Crippen LogP contribution is -2.45. The molecule has 3 aromatic rings. The summed E-state index contributed by atoms with van der Waals surface area (Å²) in [6.07, 6.45) is 1.89. The van der Waals surface area contributed by atoms with Crippen molar-refractivity contribution in [3.8, 4) is 17.6 Å². The first-order valence-electron chi connectivity index (χ1n) is 11.5. The molecule has 0 saturated carbocycles. The molecule has 0 unspecified atom stereocenters. The van der Waals surface area contributed by atoms with Gasteiger partial charge in [0.1, 0.15) is 22.6 Å². The number of ether oxygens (including phenoxy) is 1. The summed E-state index contributed by atoms with van der Waals surface area (Å²) in [5.74, 6) is 5.73. The van der Waals surface area contributed by atoms with Crippen molar-refractivity contribution >= 4 is 38.6 Å². The summed E-state index contributed by atoms with van der Waals surface area (Å²) in [6.45, 7) is 0.828. The van der Waals surface area contributed by atoms with Crippen LogP contribution in [0.5, 0.6) is 5.75 Å². The van der Waals surface area contributed by atoms with Crippen LogP contribution in [-0.4, -0.2) is 68.5 Å². The van der Waals surface area contributed by atoms with Gasteiger partial charge in [-0.1, -0.05) is 5.92 Å². The number of hydrogen-bond donors (Lipinski definition) is 3. The Morgan fingerprint density at radius 1 is 1.29 bits per heavy atom. The summed E-state index contributed by atoms with van der Waals surface area (Å²) in [5.41, 5.74) is -3.58. The van der Waals surface area contributed by atoms with Crippen LogP contribution in [0, 0.1) is 11.8 Å². The number of aromatic nitrogens is 2. The lowest BCUT2D eigenvalue weighted by atomic mass is 10.0. The second-order valence-electron chi connectivity index (χ2n) is 8.48. The fourth-order valence-electron chi connectivity index (χ4n) is 3.95. The fourth-order valence-corrected chi connectivity index (χ4v) is 5.24. The summed E-state index contributed by atoms with van der Waals surface area (Å²) >= 11 is -0.328. The minimum absolute atomic E-state index is 0.0162. The number of pyridine rings is 1. The maximum Gasteiger partial charge on any atom is 0.447 e. The quantitative estimate of drug-likeness (QED) is 0.223. The van der Waals surface area contributed by atoms with Gasteiger partial charge in [0.15, 0.2) is 15.5 Å². The summed E-state index contributed by atoms with van der Waals surface area (Å²) in [4.78, 5) is 4.43. The molecule has 0 amide bonds. The van der Waals surface area contributed by atoms with Gasteiger partial charge in [0, 0.05) is 36.8 Å². The normalized spacial score (nSPS) is 18.1. The molecule has 0 radical (unpaired) electrons. The van der Waals surface area contributed by atoms with Gasteiger partial charge in [-0.2, -0.15) is 13.2 Å². The molecule has 1 aliphatic rings. The van der Waals surface area contributed by atoms with Crippen LogP contribution in [0.25, 0.3) is 5.65 Å². The number of nitrogens with zero attached hydrogens (tertiary/aromatic N) is 2. The number of thioether (sulfide) groups is 1. The summed E-state index contributed by atoms with van der Waals surface area (Å²) < 4.78 is 84.6. The minimum atomic E-state index is -4.58. The van der Waals surface area contributed by atoms with Crippen molar-refractivity contribution in [2.45, 2.75) is 34.1 Å². The van der Waals surface area contributed by atoms with Crippen LogP contribution in [0.15, 0.2) is 46.5 Å². The number of anilines is 2. The monoisotopic (exact) mass is 571 g/mol. The molecule has 1 aliphatic heterocycles. The zero-order chi connectivity index (χ0) is 27.5. The van der Waals surface area contributed by atoms with E-state index in [4.69, 9.17) is 4.74 Å². The van der Waals surface area contributed by atoms with Crippen LogP contribution < -0.4 is 20.7 Å². The van der Waals surface area contributed by atoms with E-state index >= 15 is 0 Å². The number of fused-ring (bicyclic) bond motifs is 1. The molecule has 2 aromatic heterocycles. The van der Waals surface area contributed by atoms with Gasteiger partial charge in [-0.15, -0.1) is 0 Å². The molecular formula is C24H25F4N5O3S2. The molecule has 204 valence electrons. The molecule has 2 atom stereocenters. The first-order chi connectivity index (χ1) is 18.0. The molecule has 14 heteroatoms. The summed E-state index contributed by atoms with van der Waals surface area (Å²) in [7, 11) is -2.05. The van der Waals surface area contributed by atoms with Gasteiger partial charge < -0.3 is 20.7 Å². The van der Waals surface area contributed by atoms with Gasteiger partial charge in [0.2, 0.25) is 0 Å².